The van der Waals surface area contributed by atoms with Crippen LogP contribution in [0.25, 0.3) is 0 Å². The lowest BCUT2D eigenvalue weighted by Gasteiger charge is -2.39. The van der Waals surface area contributed by atoms with Crippen molar-refractivity contribution in [3.8, 4) is 0 Å². The van der Waals surface area contributed by atoms with Gasteiger partial charge in [0, 0.05) is 6.04 Å². The van der Waals surface area contributed by atoms with Gasteiger partial charge < -0.3 is 5.73 Å². The van der Waals surface area contributed by atoms with Crippen LogP contribution in [-0.2, 0) is 4.79 Å². The van der Waals surface area contributed by atoms with E-state index in [2.05, 4.69) is 11.8 Å². The molecule has 1 saturated carbocycles. The van der Waals surface area contributed by atoms with E-state index in [0.29, 0.717) is 12.0 Å². The van der Waals surface area contributed by atoms with Gasteiger partial charge in [0.05, 0.1) is 6.04 Å². The van der Waals surface area contributed by atoms with Crippen LogP contribution in [0.1, 0.15) is 46.0 Å². The third kappa shape index (κ3) is 2.94. The summed E-state index contributed by atoms with van der Waals surface area (Å²) in [6.07, 6.45) is 5.92. The van der Waals surface area contributed by atoms with Crippen LogP contribution in [0.2, 0.25) is 0 Å². The molecule has 88 valence electrons. The van der Waals surface area contributed by atoms with Crippen LogP contribution in [0, 0.1) is 5.92 Å². The molecule has 3 atom stereocenters. The Morgan fingerprint density at radius 1 is 1.47 bits per heavy atom. The van der Waals surface area contributed by atoms with Crippen molar-refractivity contribution in [3.05, 3.63) is 0 Å². The topological polar surface area (TPSA) is 46.3 Å². The van der Waals surface area contributed by atoms with E-state index in [9.17, 15) is 4.79 Å². The maximum Gasteiger partial charge on any atom is 0.234 e. The van der Waals surface area contributed by atoms with E-state index in [1.165, 1.54) is 25.7 Å². The van der Waals surface area contributed by atoms with E-state index in [4.69, 9.17) is 5.73 Å². The summed E-state index contributed by atoms with van der Waals surface area (Å²) in [5.74, 6) is 0.509. The first-order valence-electron chi connectivity index (χ1n) is 6.09. The molecule has 0 aromatic rings. The number of hydrogen-bond donors (Lipinski definition) is 1. The number of amides is 1. The van der Waals surface area contributed by atoms with Gasteiger partial charge in [0.2, 0.25) is 5.91 Å². The van der Waals surface area contributed by atoms with Gasteiger partial charge in [-0.2, -0.15) is 0 Å². The Balaban J connectivity index is 2.63. The van der Waals surface area contributed by atoms with Crippen LogP contribution < -0.4 is 5.73 Å². The maximum atomic E-state index is 11.3. The summed E-state index contributed by atoms with van der Waals surface area (Å²) < 4.78 is 0. The van der Waals surface area contributed by atoms with Crippen molar-refractivity contribution in [2.45, 2.75) is 58.0 Å². The number of primary amides is 1. The highest BCUT2D eigenvalue weighted by atomic mass is 16.1. The van der Waals surface area contributed by atoms with Crippen LogP contribution in [0.15, 0.2) is 0 Å². The normalized spacial score (nSPS) is 29.1. The van der Waals surface area contributed by atoms with E-state index < -0.39 is 0 Å². The van der Waals surface area contributed by atoms with Crippen LogP contribution in [-0.4, -0.2) is 29.9 Å². The number of carbonyl (C=O) groups is 1. The molecule has 1 aliphatic rings. The highest BCUT2D eigenvalue weighted by molar-refractivity contribution is 5.79. The molecule has 3 nitrogen and oxygen atoms in total. The molecule has 15 heavy (non-hydrogen) atoms. The Bertz CT molecular complexity index is 218. The Morgan fingerprint density at radius 3 is 2.53 bits per heavy atom. The summed E-state index contributed by atoms with van der Waals surface area (Å²) in [7, 11) is 2.05. The van der Waals surface area contributed by atoms with E-state index in [0.717, 1.165) is 6.42 Å². The van der Waals surface area contributed by atoms with Crippen molar-refractivity contribution in [2.75, 3.05) is 7.05 Å². The number of rotatable bonds is 4. The smallest absolute Gasteiger partial charge is 0.234 e. The molecule has 0 aliphatic heterocycles. The average Bonchev–Trinajstić information content (AvgIpc) is 2.18. The molecule has 0 bridgehead atoms. The van der Waals surface area contributed by atoms with Gasteiger partial charge in [0.1, 0.15) is 0 Å². The second kappa shape index (κ2) is 5.50. The predicted molar refractivity (Wildman–Crippen MR) is 62.5 cm³/mol. The van der Waals surface area contributed by atoms with Crippen LogP contribution in [0.3, 0.4) is 0 Å². The summed E-state index contributed by atoms with van der Waals surface area (Å²) in [6, 6.07) is 0.451. The Morgan fingerprint density at radius 2 is 2.07 bits per heavy atom. The van der Waals surface area contributed by atoms with Crippen molar-refractivity contribution in [2.24, 2.45) is 11.7 Å². The monoisotopic (exact) mass is 212 g/mol. The second-order valence-electron chi connectivity index (χ2n) is 4.82. The molecule has 3 heteroatoms. The van der Waals surface area contributed by atoms with Crippen LogP contribution in [0.5, 0.6) is 0 Å². The SMILES string of the molecule is CCC(C(N)=O)N(C)C1CCCCC1C. The molecular formula is C12H24N2O. The first kappa shape index (κ1) is 12.5. The fourth-order valence-electron chi connectivity index (χ4n) is 2.82. The largest absolute Gasteiger partial charge is 0.368 e. The van der Waals surface area contributed by atoms with Gasteiger partial charge in [-0.15, -0.1) is 0 Å². The average molecular weight is 212 g/mol. The molecule has 1 rings (SSSR count). The second-order valence-corrected chi connectivity index (χ2v) is 4.82. The highest BCUT2D eigenvalue weighted by Gasteiger charge is 2.30. The molecule has 0 radical (unpaired) electrons. The van der Waals surface area contributed by atoms with Crippen molar-refractivity contribution in [1.82, 2.24) is 4.90 Å². The van der Waals surface area contributed by atoms with E-state index in [1.54, 1.807) is 0 Å². The lowest BCUT2D eigenvalue weighted by Crippen LogP contribution is -2.50. The zero-order chi connectivity index (χ0) is 11.4. The molecule has 1 aliphatic carbocycles. The number of hydrogen-bond acceptors (Lipinski definition) is 2. The van der Waals surface area contributed by atoms with Gasteiger partial charge in [0.25, 0.3) is 0 Å². The predicted octanol–water partition coefficient (Wildman–Crippen LogP) is 1.76. The fourth-order valence-corrected chi connectivity index (χ4v) is 2.82. The van der Waals surface area contributed by atoms with Gasteiger partial charge >= 0.3 is 0 Å². The lowest BCUT2D eigenvalue weighted by atomic mass is 9.84. The van der Waals surface area contributed by atoms with E-state index in [1.807, 2.05) is 14.0 Å². The molecule has 0 aromatic carbocycles. The first-order chi connectivity index (χ1) is 7.07. The van der Waals surface area contributed by atoms with Crippen molar-refractivity contribution < 1.29 is 4.79 Å². The molecule has 0 aromatic heterocycles. The van der Waals surface area contributed by atoms with Gasteiger partial charge in [-0.05, 0) is 32.2 Å². The minimum Gasteiger partial charge on any atom is -0.368 e. The van der Waals surface area contributed by atoms with Gasteiger partial charge in [-0.25, -0.2) is 0 Å². The Kier molecular flexibility index (Phi) is 4.58. The first-order valence-corrected chi connectivity index (χ1v) is 6.09. The summed E-state index contributed by atoms with van der Waals surface area (Å²) in [4.78, 5) is 13.5. The third-order valence-corrected chi connectivity index (χ3v) is 3.80. The Hall–Kier alpha value is -0.570. The van der Waals surface area contributed by atoms with Crippen molar-refractivity contribution in [1.29, 1.82) is 0 Å². The lowest BCUT2D eigenvalue weighted by molar-refractivity contribution is -0.124. The molecule has 0 saturated heterocycles. The fraction of sp³-hybridized carbons (Fsp3) is 0.917. The van der Waals surface area contributed by atoms with Gasteiger partial charge in [0.15, 0.2) is 0 Å². The number of carbonyl (C=O) groups excluding carboxylic acids is 1. The third-order valence-electron chi connectivity index (χ3n) is 3.80. The molecular weight excluding hydrogens is 188 g/mol. The van der Waals surface area contributed by atoms with Crippen molar-refractivity contribution >= 4 is 5.91 Å². The van der Waals surface area contributed by atoms with Crippen molar-refractivity contribution in [3.63, 3.8) is 0 Å². The zero-order valence-electron chi connectivity index (χ0n) is 10.2. The Labute approximate surface area is 93.0 Å². The number of nitrogens with zero attached hydrogens (tertiary/aromatic N) is 1. The molecule has 1 fully saturated rings. The van der Waals surface area contributed by atoms with E-state index in [-0.39, 0.29) is 11.9 Å². The minimum absolute atomic E-state index is 0.0875. The van der Waals surface area contributed by atoms with Gasteiger partial charge in [-0.3, -0.25) is 9.69 Å². The molecule has 2 N–H and O–H groups in total. The van der Waals surface area contributed by atoms with E-state index >= 15 is 0 Å². The van der Waals surface area contributed by atoms with Crippen LogP contribution >= 0.6 is 0 Å². The number of nitrogens with two attached hydrogens (primary N) is 1. The van der Waals surface area contributed by atoms with Crippen LogP contribution in [0.4, 0.5) is 0 Å². The summed E-state index contributed by atoms with van der Waals surface area (Å²) in [5.41, 5.74) is 5.42. The molecule has 3 unspecified atom stereocenters. The van der Waals surface area contributed by atoms with Gasteiger partial charge in [-0.1, -0.05) is 26.7 Å². The zero-order valence-corrected chi connectivity index (χ0v) is 10.2. The minimum atomic E-state index is -0.183. The maximum absolute atomic E-state index is 11.3. The summed E-state index contributed by atoms with van der Waals surface area (Å²) in [6.45, 7) is 4.31. The number of likely N-dealkylation sites (N-methyl/N-ethyl adjacent to an activating group) is 1. The standard InChI is InChI=1S/C12H24N2O/c1-4-10(12(13)15)14(3)11-8-6-5-7-9(11)2/h9-11H,4-8H2,1-3H3,(H2,13,15). The summed E-state index contributed by atoms with van der Waals surface area (Å²) in [5, 5.41) is 0. The molecule has 1 amide bonds. The molecule has 0 heterocycles. The summed E-state index contributed by atoms with van der Waals surface area (Å²) >= 11 is 0. The highest BCUT2D eigenvalue weighted by Crippen LogP contribution is 2.28. The quantitative estimate of drug-likeness (QED) is 0.772. The molecule has 0 spiro atoms.